The molecule has 2 aromatic rings. The third-order valence-corrected chi connectivity index (χ3v) is 5.76. The number of carbonyl (C=O) groups excluding carboxylic acids is 1. The summed E-state index contributed by atoms with van der Waals surface area (Å²) in [6.45, 7) is 3.87. The first-order valence-corrected chi connectivity index (χ1v) is 9.98. The highest BCUT2D eigenvalue weighted by Crippen LogP contribution is 2.26. The Balaban J connectivity index is 1.42. The van der Waals surface area contributed by atoms with Gasteiger partial charge >= 0.3 is 0 Å². The minimum Gasteiger partial charge on any atom is -0.321 e. The fraction of sp³-hybridized carbons (Fsp3) is 0.286. The average molecular weight is 366 g/mol. The van der Waals surface area contributed by atoms with Gasteiger partial charge in [-0.3, -0.25) is 4.79 Å². The van der Waals surface area contributed by atoms with Crippen LogP contribution in [-0.2, 0) is 0 Å². The van der Waals surface area contributed by atoms with Crippen LogP contribution < -0.4 is 16.0 Å². The first kappa shape index (κ1) is 17.2. The lowest BCUT2D eigenvalue weighted by atomic mass is 10.00. The zero-order chi connectivity index (χ0) is 17.8. The van der Waals surface area contributed by atoms with Crippen LogP contribution in [0.1, 0.15) is 33.6 Å². The monoisotopic (exact) mass is 365 g/mol. The molecule has 0 radical (unpaired) electrons. The number of rotatable bonds is 4. The van der Waals surface area contributed by atoms with E-state index in [4.69, 9.17) is 0 Å². The zero-order valence-corrected chi connectivity index (χ0v) is 15.5. The van der Waals surface area contributed by atoms with Crippen LogP contribution >= 0.6 is 11.3 Å². The molecule has 1 amide bonds. The molecule has 2 aliphatic heterocycles. The van der Waals surface area contributed by atoms with Crippen LogP contribution in [0.4, 0.5) is 5.69 Å². The summed E-state index contributed by atoms with van der Waals surface area (Å²) < 4.78 is 0. The SMILES string of the molecule is O=C(Nc1ccc(C2=CCNCC2)cc1)c1cc(C2=CCNCC2)cs1. The lowest BCUT2D eigenvalue weighted by Crippen LogP contribution is -2.20. The average Bonchev–Trinajstić information content (AvgIpc) is 3.20. The first-order valence-electron chi connectivity index (χ1n) is 9.10. The fourth-order valence-corrected chi connectivity index (χ4v) is 4.18. The highest BCUT2D eigenvalue weighted by Gasteiger charge is 2.13. The standard InChI is InChI=1S/C21H23N3OS/c25-21(20-13-18(14-26-20)17-7-11-23-12-8-17)24-19-3-1-15(2-4-19)16-5-9-22-10-6-16/h1-5,7,13-14,22-23H,6,8-12H2,(H,24,25). The summed E-state index contributed by atoms with van der Waals surface area (Å²) in [7, 11) is 0. The Hall–Kier alpha value is -2.21. The molecule has 0 fully saturated rings. The summed E-state index contributed by atoms with van der Waals surface area (Å²) >= 11 is 1.51. The quantitative estimate of drug-likeness (QED) is 0.773. The number of hydrogen-bond donors (Lipinski definition) is 3. The van der Waals surface area contributed by atoms with Crippen LogP contribution in [0.3, 0.4) is 0 Å². The number of nitrogens with one attached hydrogen (secondary N) is 3. The van der Waals surface area contributed by atoms with E-state index >= 15 is 0 Å². The second-order valence-electron chi connectivity index (χ2n) is 6.60. The Morgan fingerprint density at radius 2 is 1.58 bits per heavy atom. The molecule has 0 saturated heterocycles. The van der Waals surface area contributed by atoms with E-state index in [2.05, 4.69) is 45.6 Å². The minimum atomic E-state index is -0.0374. The van der Waals surface area contributed by atoms with Gasteiger partial charge in [-0.25, -0.2) is 0 Å². The zero-order valence-electron chi connectivity index (χ0n) is 14.7. The predicted octanol–water partition coefficient (Wildman–Crippen LogP) is 3.75. The van der Waals surface area contributed by atoms with Gasteiger partial charge in [0, 0.05) is 18.8 Å². The lowest BCUT2D eigenvalue weighted by Gasteiger charge is -2.14. The van der Waals surface area contributed by atoms with Crippen molar-refractivity contribution < 1.29 is 4.79 Å². The lowest BCUT2D eigenvalue weighted by molar-refractivity contribution is 0.103. The van der Waals surface area contributed by atoms with Crippen molar-refractivity contribution in [3.63, 3.8) is 0 Å². The molecule has 0 saturated carbocycles. The second kappa shape index (κ2) is 7.99. The molecule has 1 aromatic carbocycles. The van der Waals surface area contributed by atoms with Gasteiger partial charge in [0.05, 0.1) is 4.88 Å². The van der Waals surface area contributed by atoms with E-state index in [0.717, 1.165) is 49.6 Å². The van der Waals surface area contributed by atoms with Gasteiger partial charge in [0.15, 0.2) is 0 Å². The molecule has 4 nitrogen and oxygen atoms in total. The van der Waals surface area contributed by atoms with Crippen molar-refractivity contribution in [3.8, 4) is 0 Å². The normalized spacial score (nSPS) is 17.4. The largest absolute Gasteiger partial charge is 0.321 e. The van der Waals surface area contributed by atoms with Crippen molar-refractivity contribution in [3.05, 3.63) is 63.9 Å². The molecule has 0 spiro atoms. The Labute approximate surface area is 158 Å². The van der Waals surface area contributed by atoms with Gasteiger partial charge in [-0.15, -0.1) is 11.3 Å². The van der Waals surface area contributed by atoms with Crippen molar-refractivity contribution in [1.29, 1.82) is 0 Å². The Kier molecular flexibility index (Phi) is 5.29. The topological polar surface area (TPSA) is 53.2 Å². The van der Waals surface area contributed by atoms with Crippen LogP contribution in [0.2, 0.25) is 0 Å². The molecule has 4 rings (SSSR count). The van der Waals surface area contributed by atoms with Crippen molar-refractivity contribution in [1.82, 2.24) is 10.6 Å². The van der Waals surface area contributed by atoms with Gasteiger partial charge < -0.3 is 16.0 Å². The van der Waals surface area contributed by atoms with Crippen molar-refractivity contribution in [2.75, 3.05) is 31.5 Å². The fourth-order valence-electron chi connectivity index (χ4n) is 3.35. The van der Waals surface area contributed by atoms with E-state index in [1.54, 1.807) is 0 Å². The van der Waals surface area contributed by atoms with Gasteiger partial charge in [-0.05, 0) is 71.8 Å². The highest BCUT2D eigenvalue weighted by atomic mass is 32.1. The summed E-state index contributed by atoms with van der Waals surface area (Å²) in [5.74, 6) is -0.0374. The van der Waals surface area contributed by atoms with Gasteiger partial charge in [0.25, 0.3) is 5.91 Å². The number of hydrogen-bond acceptors (Lipinski definition) is 4. The number of benzene rings is 1. The second-order valence-corrected chi connectivity index (χ2v) is 7.51. The van der Waals surface area contributed by atoms with E-state index < -0.39 is 0 Å². The number of amides is 1. The molecular weight excluding hydrogens is 342 g/mol. The van der Waals surface area contributed by atoms with Gasteiger partial charge in [-0.1, -0.05) is 24.3 Å². The van der Waals surface area contributed by atoms with Gasteiger partial charge in [0.2, 0.25) is 0 Å². The van der Waals surface area contributed by atoms with E-state index in [1.165, 1.54) is 33.6 Å². The molecule has 26 heavy (non-hydrogen) atoms. The number of carbonyl (C=O) groups is 1. The van der Waals surface area contributed by atoms with Gasteiger partial charge in [-0.2, -0.15) is 0 Å². The molecule has 2 aliphatic rings. The minimum absolute atomic E-state index is 0.0374. The van der Waals surface area contributed by atoms with Crippen LogP contribution in [0.25, 0.3) is 11.1 Å². The molecule has 1 aromatic heterocycles. The Bertz CT molecular complexity index is 848. The van der Waals surface area contributed by atoms with Crippen LogP contribution in [-0.4, -0.2) is 32.1 Å². The molecule has 134 valence electrons. The van der Waals surface area contributed by atoms with E-state index in [1.807, 2.05) is 18.2 Å². The van der Waals surface area contributed by atoms with Crippen molar-refractivity contribution in [2.45, 2.75) is 12.8 Å². The third kappa shape index (κ3) is 3.96. The molecule has 0 aliphatic carbocycles. The van der Waals surface area contributed by atoms with Crippen molar-refractivity contribution in [2.24, 2.45) is 0 Å². The van der Waals surface area contributed by atoms with Crippen molar-refractivity contribution >= 4 is 34.1 Å². The van der Waals surface area contributed by atoms with Gasteiger partial charge in [0.1, 0.15) is 0 Å². The molecule has 0 bridgehead atoms. The van der Waals surface area contributed by atoms with E-state index in [0.29, 0.717) is 0 Å². The summed E-state index contributed by atoms with van der Waals surface area (Å²) in [4.78, 5) is 13.3. The molecule has 0 atom stereocenters. The molecular formula is C21H23N3OS. The van der Waals surface area contributed by atoms with Crippen LogP contribution in [0, 0.1) is 0 Å². The van der Waals surface area contributed by atoms with Crippen LogP contribution in [0.15, 0.2) is 47.9 Å². The third-order valence-electron chi connectivity index (χ3n) is 4.84. The maximum atomic E-state index is 12.5. The molecule has 5 heteroatoms. The smallest absolute Gasteiger partial charge is 0.265 e. The Morgan fingerprint density at radius 1 is 0.923 bits per heavy atom. The summed E-state index contributed by atoms with van der Waals surface area (Å²) in [6.07, 6.45) is 6.51. The summed E-state index contributed by atoms with van der Waals surface area (Å²) in [5.41, 5.74) is 5.96. The summed E-state index contributed by atoms with van der Waals surface area (Å²) in [5, 5.41) is 11.7. The molecule has 0 unspecified atom stereocenters. The maximum Gasteiger partial charge on any atom is 0.265 e. The maximum absolute atomic E-state index is 12.5. The first-order chi connectivity index (χ1) is 12.8. The Morgan fingerprint density at radius 3 is 2.19 bits per heavy atom. The molecule has 3 N–H and O–H groups in total. The highest BCUT2D eigenvalue weighted by molar-refractivity contribution is 7.12. The van der Waals surface area contributed by atoms with Crippen LogP contribution in [0.5, 0.6) is 0 Å². The van der Waals surface area contributed by atoms with E-state index in [-0.39, 0.29) is 5.91 Å². The van der Waals surface area contributed by atoms with E-state index in [9.17, 15) is 4.79 Å². The predicted molar refractivity (Wildman–Crippen MR) is 110 cm³/mol. The molecule has 3 heterocycles. The number of anilines is 1. The number of thiophene rings is 1. The summed E-state index contributed by atoms with van der Waals surface area (Å²) in [6, 6.07) is 10.2.